The summed E-state index contributed by atoms with van der Waals surface area (Å²) >= 11 is 0. The summed E-state index contributed by atoms with van der Waals surface area (Å²) in [7, 11) is 0. The molecule has 3 rings (SSSR count). The van der Waals surface area contributed by atoms with Crippen molar-refractivity contribution >= 4 is 23.2 Å². The molecule has 1 aromatic carbocycles. The van der Waals surface area contributed by atoms with Crippen molar-refractivity contribution in [2.75, 3.05) is 49.6 Å². The predicted molar refractivity (Wildman–Crippen MR) is 92.2 cm³/mol. The number of likely N-dealkylation sites (tertiary alicyclic amines) is 1. The minimum absolute atomic E-state index is 0.0235. The number of nitrogens with one attached hydrogen (secondary N) is 1. The lowest BCUT2D eigenvalue weighted by Crippen LogP contribution is -2.41. The van der Waals surface area contributed by atoms with Crippen LogP contribution in [0.25, 0.3) is 0 Å². The number of hydrogen-bond acceptors (Lipinski definition) is 5. The molecule has 148 valence electrons. The Balaban J connectivity index is 1.53. The molecule has 27 heavy (non-hydrogen) atoms. The molecule has 0 radical (unpaired) electrons. The smallest absolute Gasteiger partial charge is 0.370 e. The van der Waals surface area contributed by atoms with Crippen LogP contribution in [0.15, 0.2) is 24.3 Å². The van der Waals surface area contributed by atoms with E-state index in [2.05, 4.69) is 5.32 Å². The molecule has 7 nitrogen and oxygen atoms in total. The summed E-state index contributed by atoms with van der Waals surface area (Å²) in [6, 6.07) is 5.66. The number of halogens is 3. The molecular weight excluding hydrogens is 365 g/mol. The maximum absolute atomic E-state index is 12.8. The maximum atomic E-state index is 12.8. The number of alkyl halides is 3. The Morgan fingerprint density at radius 3 is 2.56 bits per heavy atom. The zero-order valence-electron chi connectivity index (χ0n) is 14.5. The van der Waals surface area contributed by atoms with Crippen LogP contribution in [0.3, 0.4) is 0 Å². The highest BCUT2D eigenvalue weighted by Crippen LogP contribution is 2.32. The van der Waals surface area contributed by atoms with E-state index in [4.69, 9.17) is 10.5 Å². The summed E-state index contributed by atoms with van der Waals surface area (Å²) in [5.74, 6) is -2.17. The Hall–Kier alpha value is -2.17. The lowest BCUT2D eigenvalue weighted by molar-refractivity contribution is -0.173. The fourth-order valence-electron chi connectivity index (χ4n) is 3.31. The number of anilines is 2. The maximum Gasteiger partial charge on any atom is 0.394 e. The zero-order valence-corrected chi connectivity index (χ0v) is 14.5. The van der Waals surface area contributed by atoms with Crippen molar-refractivity contribution in [2.45, 2.75) is 12.2 Å². The van der Waals surface area contributed by atoms with E-state index in [1.165, 1.54) is 4.90 Å². The van der Waals surface area contributed by atoms with Gasteiger partial charge in [0.25, 0.3) is 5.91 Å². The van der Waals surface area contributed by atoms with Crippen molar-refractivity contribution in [3.8, 4) is 0 Å². The highest BCUT2D eigenvalue weighted by Gasteiger charge is 2.48. The Morgan fingerprint density at radius 1 is 1.26 bits per heavy atom. The topological polar surface area (TPSA) is 87.9 Å². The molecule has 0 aliphatic carbocycles. The molecule has 2 aliphatic rings. The van der Waals surface area contributed by atoms with Crippen molar-refractivity contribution in [1.82, 2.24) is 4.90 Å². The number of carbonyl (C=O) groups is 2. The number of ether oxygens (including phenoxy) is 1. The lowest BCUT2D eigenvalue weighted by atomic mass is 10.1. The number of nitrogens with zero attached hydrogens (tertiary/aromatic N) is 2. The van der Waals surface area contributed by atoms with Crippen LogP contribution in [0.5, 0.6) is 0 Å². The van der Waals surface area contributed by atoms with Crippen molar-refractivity contribution < 1.29 is 27.5 Å². The number of amides is 2. The Kier molecular flexibility index (Phi) is 5.68. The van der Waals surface area contributed by atoms with Crippen LogP contribution in [0.4, 0.5) is 24.5 Å². The minimum Gasteiger partial charge on any atom is -0.370 e. The normalized spacial score (nSPS) is 24.3. The lowest BCUT2D eigenvalue weighted by Gasteiger charge is -2.27. The van der Waals surface area contributed by atoms with Crippen LogP contribution in [0.2, 0.25) is 0 Å². The molecule has 3 N–H and O–H groups in total. The van der Waals surface area contributed by atoms with E-state index in [0.29, 0.717) is 24.5 Å². The minimum atomic E-state index is -4.36. The molecule has 2 saturated heterocycles. The van der Waals surface area contributed by atoms with E-state index in [9.17, 15) is 22.8 Å². The third-order valence-electron chi connectivity index (χ3n) is 4.68. The van der Waals surface area contributed by atoms with Gasteiger partial charge in [0, 0.05) is 37.1 Å². The van der Waals surface area contributed by atoms with Crippen molar-refractivity contribution in [1.29, 1.82) is 0 Å². The Morgan fingerprint density at radius 2 is 1.96 bits per heavy atom. The fourth-order valence-corrected chi connectivity index (χ4v) is 3.31. The number of rotatable bonds is 4. The highest BCUT2D eigenvalue weighted by molar-refractivity contribution is 5.96. The number of hydrogen-bond donors (Lipinski definition) is 2. The van der Waals surface area contributed by atoms with E-state index in [-0.39, 0.29) is 32.1 Å². The van der Waals surface area contributed by atoms with E-state index >= 15 is 0 Å². The third-order valence-corrected chi connectivity index (χ3v) is 4.68. The average molecular weight is 386 g/mol. The molecule has 0 aromatic heterocycles. The molecule has 2 amide bonds. The van der Waals surface area contributed by atoms with Gasteiger partial charge in [-0.1, -0.05) is 0 Å². The largest absolute Gasteiger partial charge is 0.394 e. The third kappa shape index (κ3) is 4.76. The number of carbonyl (C=O) groups excluding carboxylic acids is 2. The molecule has 1 aromatic rings. The van der Waals surface area contributed by atoms with Crippen LogP contribution in [0, 0.1) is 5.92 Å². The first-order chi connectivity index (χ1) is 12.7. The van der Waals surface area contributed by atoms with Gasteiger partial charge in [0.05, 0.1) is 19.1 Å². The molecule has 0 bridgehead atoms. The van der Waals surface area contributed by atoms with Gasteiger partial charge in [0.2, 0.25) is 5.91 Å². The Labute approximate surface area is 154 Å². The van der Waals surface area contributed by atoms with Gasteiger partial charge in [-0.3, -0.25) is 14.5 Å². The predicted octanol–water partition coefficient (Wildman–Crippen LogP) is 0.810. The van der Waals surface area contributed by atoms with Crippen molar-refractivity contribution in [2.24, 2.45) is 11.7 Å². The second-order valence-electron chi connectivity index (χ2n) is 6.70. The second kappa shape index (κ2) is 7.83. The number of benzene rings is 1. The van der Waals surface area contributed by atoms with Crippen LogP contribution in [-0.4, -0.2) is 68.3 Å². The van der Waals surface area contributed by atoms with Crippen molar-refractivity contribution in [3.05, 3.63) is 24.3 Å². The van der Waals surface area contributed by atoms with Gasteiger partial charge in [-0.2, -0.15) is 13.2 Å². The van der Waals surface area contributed by atoms with Crippen LogP contribution in [-0.2, 0) is 14.3 Å². The summed E-state index contributed by atoms with van der Waals surface area (Å²) in [5.41, 5.74) is 6.74. The van der Waals surface area contributed by atoms with Crippen LogP contribution in [0.1, 0.15) is 0 Å². The van der Waals surface area contributed by atoms with Crippen LogP contribution >= 0.6 is 0 Å². The molecule has 0 spiro atoms. The van der Waals surface area contributed by atoms with E-state index in [1.54, 1.807) is 29.2 Å². The van der Waals surface area contributed by atoms with Gasteiger partial charge in [0.1, 0.15) is 6.61 Å². The SMILES string of the molecule is NC1CN(CC(=O)Nc2ccc(N3CCOCC3=O)cc2)CC1C(F)(F)F. The number of morpholine rings is 1. The van der Waals surface area contributed by atoms with Gasteiger partial charge in [0.15, 0.2) is 0 Å². The van der Waals surface area contributed by atoms with Crippen molar-refractivity contribution in [3.63, 3.8) is 0 Å². The standard InChI is InChI=1S/C17H21F3N4O3/c18-17(19,20)13-7-23(8-14(13)21)9-15(25)22-11-1-3-12(4-2-11)24-5-6-27-10-16(24)26/h1-4,13-14H,5-10,21H2,(H,22,25). The summed E-state index contributed by atoms with van der Waals surface area (Å²) in [4.78, 5) is 26.9. The average Bonchev–Trinajstić information content (AvgIpc) is 2.96. The summed E-state index contributed by atoms with van der Waals surface area (Å²) in [5, 5.41) is 2.65. The molecule has 2 fully saturated rings. The first-order valence-electron chi connectivity index (χ1n) is 8.56. The van der Waals surface area contributed by atoms with Gasteiger partial charge in [-0.15, -0.1) is 0 Å². The molecular formula is C17H21F3N4O3. The Bertz CT molecular complexity index is 696. The molecule has 10 heteroatoms. The molecule has 2 aliphatic heterocycles. The van der Waals surface area contributed by atoms with E-state index in [0.717, 1.165) is 0 Å². The second-order valence-corrected chi connectivity index (χ2v) is 6.70. The quantitative estimate of drug-likeness (QED) is 0.800. The highest BCUT2D eigenvalue weighted by atomic mass is 19.4. The summed E-state index contributed by atoms with van der Waals surface area (Å²) in [6.07, 6.45) is -4.36. The molecule has 2 atom stereocenters. The molecule has 2 heterocycles. The van der Waals surface area contributed by atoms with Gasteiger partial charge in [-0.25, -0.2) is 0 Å². The number of nitrogens with two attached hydrogens (primary N) is 1. The summed E-state index contributed by atoms with van der Waals surface area (Å²) in [6.45, 7) is 0.534. The van der Waals surface area contributed by atoms with E-state index in [1.807, 2.05) is 0 Å². The van der Waals surface area contributed by atoms with Gasteiger partial charge in [-0.05, 0) is 24.3 Å². The van der Waals surface area contributed by atoms with Crippen LogP contribution < -0.4 is 16.0 Å². The van der Waals surface area contributed by atoms with Gasteiger partial charge < -0.3 is 20.7 Å². The zero-order chi connectivity index (χ0) is 19.6. The molecule has 0 saturated carbocycles. The summed E-state index contributed by atoms with van der Waals surface area (Å²) < 4.78 is 43.6. The fraction of sp³-hybridized carbons (Fsp3) is 0.529. The van der Waals surface area contributed by atoms with E-state index < -0.39 is 24.0 Å². The first kappa shape index (κ1) is 19.6. The first-order valence-corrected chi connectivity index (χ1v) is 8.56. The molecule has 2 unspecified atom stereocenters. The monoisotopic (exact) mass is 386 g/mol. The van der Waals surface area contributed by atoms with Gasteiger partial charge >= 0.3 is 6.18 Å².